The number of nitrogens with one attached hydrogen (secondary N) is 1. The van der Waals surface area contributed by atoms with Gasteiger partial charge < -0.3 is 21.7 Å². The van der Waals surface area contributed by atoms with Gasteiger partial charge in [-0.3, -0.25) is 0 Å². The van der Waals surface area contributed by atoms with E-state index in [-0.39, 0.29) is 0 Å². The van der Waals surface area contributed by atoms with Crippen LogP contribution in [-0.2, 0) is 0 Å². The molecule has 0 fully saturated rings. The number of anilines is 4. The number of nitrogens with zero attached hydrogens (tertiary/aromatic N) is 3. The van der Waals surface area contributed by atoms with Crippen LogP contribution in [0.25, 0.3) is 0 Å². The van der Waals surface area contributed by atoms with Gasteiger partial charge in [-0.25, -0.2) is 9.97 Å². The summed E-state index contributed by atoms with van der Waals surface area (Å²) in [6, 6.07) is 5.66. The summed E-state index contributed by atoms with van der Waals surface area (Å²) in [7, 11) is 5.74. The van der Waals surface area contributed by atoms with Gasteiger partial charge >= 0.3 is 0 Å². The largest absolute Gasteiger partial charge is 0.397 e. The Morgan fingerprint density at radius 1 is 1.10 bits per heavy atom. The Bertz CT molecular complexity index is 595. The van der Waals surface area contributed by atoms with Crippen molar-refractivity contribution >= 4 is 23.0 Å². The molecule has 5 N–H and O–H groups in total. The van der Waals surface area contributed by atoms with Gasteiger partial charge in [-0.05, 0) is 37.6 Å². The van der Waals surface area contributed by atoms with Gasteiger partial charge in [0, 0.05) is 21.1 Å². The lowest BCUT2D eigenvalue weighted by Gasteiger charge is -2.11. The second kappa shape index (κ2) is 7.33. The predicted octanol–water partition coefficient (Wildman–Crippen LogP) is 2.05. The third-order valence-electron chi connectivity index (χ3n) is 2.98. The Labute approximate surface area is 126 Å². The zero-order valence-electron chi connectivity index (χ0n) is 13.3. The third kappa shape index (κ3) is 4.83. The Hall–Kier alpha value is -2.50. The summed E-state index contributed by atoms with van der Waals surface area (Å²) in [5.74, 6) is 1.79. The molecule has 2 heterocycles. The van der Waals surface area contributed by atoms with E-state index in [1.807, 2.05) is 58.1 Å². The fourth-order valence-electron chi connectivity index (χ4n) is 1.51. The third-order valence-corrected chi connectivity index (χ3v) is 2.98. The minimum atomic E-state index is 0.735. The summed E-state index contributed by atoms with van der Waals surface area (Å²) in [5, 5.41) is 2.93. The molecule has 0 amide bonds. The lowest BCUT2D eigenvalue weighted by molar-refractivity contribution is 1.06. The molecule has 0 aromatic carbocycles. The molecule has 0 aliphatic carbocycles. The van der Waals surface area contributed by atoms with Gasteiger partial charge in [-0.15, -0.1) is 0 Å². The van der Waals surface area contributed by atoms with E-state index in [0.717, 1.165) is 34.3 Å². The molecule has 114 valence electrons. The first-order chi connectivity index (χ1) is 9.85. The van der Waals surface area contributed by atoms with Gasteiger partial charge in [-0.1, -0.05) is 0 Å². The van der Waals surface area contributed by atoms with Crippen LogP contribution in [-0.4, -0.2) is 31.1 Å². The summed E-state index contributed by atoms with van der Waals surface area (Å²) in [5.41, 5.74) is 14.6. The molecule has 6 heteroatoms. The maximum Gasteiger partial charge on any atom is 0.128 e. The number of nitrogens with two attached hydrogens (primary N) is 2. The fourth-order valence-corrected chi connectivity index (χ4v) is 1.51. The van der Waals surface area contributed by atoms with E-state index >= 15 is 0 Å². The smallest absolute Gasteiger partial charge is 0.128 e. The highest BCUT2D eigenvalue weighted by molar-refractivity contribution is 5.51. The molecular formula is C15H24N6. The molecule has 0 aliphatic rings. The van der Waals surface area contributed by atoms with Gasteiger partial charge in [0.05, 0.1) is 23.3 Å². The van der Waals surface area contributed by atoms with Crippen LogP contribution in [0.1, 0.15) is 11.3 Å². The van der Waals surface area contributed by atoms with Gasteiger partial charge in [0.25, 0.3) is 0 Å². The monoisotopic (exact) mass is 288 g/mol. The molecule has 2 aromatic rings. The molecule has 0 spiro atoms. The summed E-state index contributed by atoms with van der Waals surface area (Å²) < 4.78 is 0. The predicted molar refractivity (Wildman–Crippen MR) is 90.6 cm³/mol. The molecule has 0 bridgehead atoms. The molecule has 0 atom stereocenters. The number of hydrogen-bond acceptors (Lipinski definition) is 6. The van der Waals surface area contributed by atoms with Crippen molar-refractivity contribution in [2.75, 3.05) is 42.8 Å². The number of hydrogen-bond donors (Lipinski definition) is 3. The summed E-state index contributed by atoms with van der Waals surface area (Å²) in [6.07, 6.45) is 1.69. The van der Waals surface area contributed by atoms with E-state index in [2.05, 4.69) is 15.3 Å². The molecule has 6 nitrogen and oxygen atoms in total. The lowest BCUT2D eigenvalue weighted by Crippen LogP contribution is -2.10. The van der Waals surface area contributed by atoms with E-state index in [1.165, 1.54) is 0 Å². The van der Waals surface area contributed by atoms with Crippen LogP contribution in [0.4, 0.5) is 23.0 Å². The molecule has 2 aromatic heterocycles. The van der Waals surface area contributed by atoms with Crippen molar-refractivity contribution < 1.29 is 0 Å². The molecule has 0 unspecified atom stereocenters. The number of rotatable bonds is 2. The zero-order valence-corrected chi connectivity index (χ0v) is 13.3. The zero-order chi connectivity index (χ0) is 16.0. The molecule has 2 rings (SSSR count). The van der Waals surface area contributed by atoms with Gasteiger partial charge in [0.15, 0.2) is 0 Å². The van der Waals surface area contributed by atoms with Gasteiger partial charge in [0.2, 0.25) is 0 Å². The molecule has 21 heavy (non-hydrogen) atoms. The van der Waals surface area contributed by atoms with Crippen LogP contribution in [0.3, 0.4) is 0 Å². The Morgan fingerprint density at radius 2 is 1.76 bits per heavy atom. The lowest BCUT2D eigenvalue weighted by atomic mass is 10.2. The second-order valence-electron chi connectivity index (χ2n) is 4.91. The van der Waals surface area contributed by atoms with Crippen molar-refractivity contribution in [2.45, 2.75) is 13.8 Å². The van der Waals surface area contributed by atoms with Crippen molar-refractivity contribution in [1.82, 2.24) is 9.97 Å². The maximum atomic E-state index is 5.61. The fraction of sp³-hybridized carbons (Fsp3) is 0.333. The summed E-state index contributed by atoms with van der Waals surface area (Å²) >= 11 is 0. The van der Waals surface area contributed by atoms with Crippen LogP contribution in [0, 0.1) is 13.8 Å². The Morgan fingerprint density at radius 3 is 2.24 bits per heavy atom. The van der Waals surface area contributed by atoms with Gasteiger partial charge in [0.1, 0.15) is 11.6 Å². The number of aryl methyl sites for hydroxylation is 2. The molecule has 0 saturated carbocycles. The van der Waals surface area contributed by atoms with Crippen LogP contribution in [0.2, 0.25) is 0 Å². The Balaban J connectivity index is 0.000000211. The SMILES string of the molecule is CNc1ccc(N)c(C)n1.Cc1cc(N(C)C)ncc1N. The van der Waals surface area contributed by atoms with Crippen molar-refractivity contribution in [3.63, 3.8) is 0 Å². The van der Waals surface area contributed by atoms with E-state index < -0.39 is 0 Å². The van der Waals surface area contributed by atoms with Crippen molar-refractivity contribution in [3.8, 4) is 0 Å². The van der Waals surface area contributed by atoms with Gasteiger partial charge in [-0.2, -0.15) is 0 Å². The number of nitrogen functional groups attached to an aromatic ring is 2. The van der Waals surface area contributed by atoms with Crippen LogP contribution in [0.5, 0.6) is 0 Å². The van der Waals surface area contributed by atoms with E-state index in [9.17, 15) is 0 Å². The highest BCUT2D eigenvalue weighted by atomic mass is 15.1. The minimum Gasteiger partial charge on any atom is -0.397 e. The van der Waals surface area contributed by atoms with E-state index in [0.29, 0.717) is 0 Å². The standard InChI is InChI=1S/C8H13N3.C7H11N3/c1-6-4-8(11(2)3)10-5-7(6)9;1-5-6(8)3-4-7(9-2)10-5/h4-5H,9H2,1-3H3;3-4H,8H2,1-2H3,(H,9,10). The molecule has 0 aliphatic heterocycles. The highest BCUT2D eigenvalue weighted by Gasteiger charge is 1.98. The second-order valence-corrected chi connectivity index (χ2v) is 4.91. The normalized spacial score (nSPS) is 9.57. The van der Waals surface area contributed by atoms with Crippen LogP contribution < -0.4 is 21.7 Å². The Kier molecular flexibility index (Phi) is 5.78. The summed E-state index contributed by atoms with van der Waals surface area (Å²) in [4.78, 5) is 10.2. The molecular weight excluding hydrogens is 264 g/mol. The average molecular weight is 288 g/mol. The number of aromatic nitrogens is 2. The summed E-state index contributed by atoms with van der Waals surface area (Å²) in [6.45, 7) is 3.86. The van der Waals surface area contributed by atoms with Crippen LogP contribution in [0.15, 0.2) is 24.4 Å². The van der Waals surface area contributed by atoms with E-state index in [4.69, 9.17) is 11.5 Å². The molecule has 0 radical (unpaired) electrons. The first kappa shape index (κ1) is 16.6. The first-order valence-corrected chi connectivity index (χ1v) is 6.65. The number of pyridine rings is 2. The van der Waals surface area contributed by atoms with Crippen molar-refractivity contribution in [3.05, 3.63) is 35.7 Å². The first-order valence-electron chi connectivity index (χ1n) is 6.65. The average Bonchev–Trinajstić information content (AvgIpc) is 2.45. The van der Waals surface area contributed by atoms with Crippen molar-refractivity contribution in [1.29, 1.82) is 0 Å². The highest BCUT2D eigenvalue weighted by Crippen LogP contribution is 2.14. The van der Waals surface area contributed by atoms with Crippen LogP contribution >= 0.6 is 0 Å². The topological polar surface area (TPSA) is 93.1 Å². The molecule has 0 saturated heterocycles. The minimum absolute atomic E-state index is 0.735. The van der Waals surface area contributed by atoms with E-state index in [1.54, 1.807) is 6.20 Å². The quantitative estimate of drug-likeness (QED) is 0.783. The maximum absolute atomic E-state index is 5.61. The van der Waals surface area contributed by atoms with Crippen molar-refractivity contribution in [2.24, 2.45) is 0 Å².